The summed E-state index contributed by atoms with van der Waals surface area (Å²) < 4.78 is 22.5. The summed E-state index contributed by atoms with van der Waals surface area (Å²) in [6.45, 7) is 4.64. The van der Waals surface area contributed by atoms with Crippen LogP contribution >= 0.6 is 0 Å². The zero-order chi connectivity index (χ0) is 41.4. The highest BCUT2D eigenvalue weighted by molar-refractivity contribution is 5.71. The van der Waals surface area contributed by atoms with Gasteiger partial charge in [-0.25, -0.2) is 4.79 Å². The predicted octanol–water partition coefficient (Wildman–Crippen LogP) is 11.2. The number of carboxylic acid groups (broad SMARTS) is 1. The molecule has 0 amide bonds. The molecule has 0 saturated carbocycles. The van der Waals surface area contributed by atoms with Crippen molar-refractivity contribution in [1.82, 2.24) is 0 Å². The average Bonchev–Trinajstić information content (AvgIpc) is 3.15. The molecule has 9 heteroatoms. The van der Waals surface area contributed by atoms with E-state index < -0.39 is 24.3 Å². The molecule has 0 fully saturated rings. The maximum atomic E-state index is 12.7. The number of quaternary nitrogens is 1. The van der Waals surface area contributed by atoms with Crippen molar-refractivity contribution in [2.75, 3.05) is 47.5 Å². The average molecular weight is 787 g/mol. The van der Waals surface area contributed by atoms with Gasteiger partial charge in [-0.2, -0.15) is 0 Å². The molecular weight excluding hydrogens is 707 g/mol. The molecule has 0 radical (unpaired) electrons. The molecule has 320 valence electrons. The van der Waals surface area contributed by atoms with Gasteiger partial charge in [-0.05, 0) is 64.2 Å². The molecule has 0 saturated heterocycles. The second kappa shape index (κ2) is 38.6. The number of aliphatic carboxylic acids is 1. The zero-order valence-electron chi connectivity index (χ0n) is 36.0. The van der Waals surface area contributed by atoms with E-state index in [1.165, 1.54) is 12.8 Å². The summed E-state index contributed by atoms with van der Waals surface area (Å²) in [5, 5.41) is 9.58. The third kappa shape index (κ3) is 39.0. The second-order valence-electron chi connectivity index (χ2n) is 15.3. The molecule has 0 aromatic carbocycles. The van der Waals surface area contributed by atoms with Gasteiger partial charge in [0.1, 0.15) is 13.2 Å². The van der Waals surface area contributed by atoms with Gasteiger partial charge in [0.05, 0.1) is 34.4 Å². The number of likely N-dealkylation sites (N-methyl/N-ethyl adjacent to an activating group) is 1. The molecule has 0 aliphatic carbocycles. The number of ether oxygens (including phenoxy) is 4. The van der Waals surface area contributed by atoms with Crippen LogP contribution in [-0.2, 0) is 33.3 Å². The monoisotopic (exact) mass is 787 g/mol. The normalized spacial score (nSPS) is 13.7. The van der Waals surface area contributed by atoms with Crippen LogP contribution in [0.15, 0.2) is 72.9 Å². The number of rotatable bonds is 38. The Morgan fingerprint density at radius 2 is 1.02 bits per heavy atom. The first-order valence-electron chi connectivity index (χ1n) is 21.6. The molecular formula is C47H80NO8+. The van der Waals surface area contributed by atoms with Gasteiger partial charge in [-0.3, -0.25) is 9.59 Å². The van der Waals surface area contributed by atoms with Gasteiger partial charge < -0.3 is 28.5 Å². The first-order valence-corrected chi connectivity index (χ1v) is 21.6. The van der Waals surface area contributed by atoms with Crippen LogP contribution in [0.2, 0.25) is 0 Å². The van der Waals surface area contributed by atoms with E-state index in [0.29, 0.717) is 23.9 Å². The van der Waals surface area contributed by atoms with E-state index in [9.17, 15) is 19.5 Å². The van der Waals surface area contributed by atoms with Crippen LogP contribution < -0.4 is 0 Å². The lowest BCUT2D eigenvalue weighted by Gasteiger charge is -2.25. The fourth-order valence-electron chi connectivity index (χ4n) is 5.37. The third-order valence-electron chi connectivity index (χ3n) is 8.73. The van der Waals surface area contributed by atoms with Crippen LogP contribution in [0.1, 0.15) is 149 Å². The largest absolute Gasteiger partial charge is 0.477 e. The van der Waals surface area contributed by atoms with E-state index in [2.05, 4.69) is 86.8 Å². The molecule has 2 unspecified atom stereocenters. The Bertz CT molecular complexity index is 1150. The highest BCUT2D eigenvalue weighted by Gasteiger charge is 2.25. The van der Waals surface area contributed by atoms with Gasteiger partial charge >= 0.3 is 17.9 Å². The van der Waals surface area contributed by atoms with Crippen LogP contribution in [0.4, 0.5) is 0 Å². The maximum absolute atomic E-state index is 12.7. The van der Waals surface area contributed by atoms with Crippen molar-refractivity contribution in [2.24, 2.45) is 0 Å². The minimum absolute atomic E-state index is 0.181. The lowest BCUT2D eigenvalue weighted by molar-refractivity contribution is -0.870. The lowest BCUT2D eigenvalue weighted by Crippen LogP contribution is -2.40. The Balaban J connectivity index is 4.31. The zero-order valence-corrected chi connectivity index (χ0v) is 36.0. The molecule has 0 bridgehead atoms. The summed E-state index contributed by atoms with van der Waals surface area (Å²) in [6, 6.07) is 0. The molecule has 0 spiro atoms. The number of hydrogen-bond donors (Lipinski definition) is 1. The minimum Gasteiger partial charge on any atom is -0.477 e. The Morgan fingerprint density at radius 1 is 0.554 bits per heavy atom. The summed E-state index contributed by atoms with van der Waals surface area (Å²) in [6.07, 6.45) is 44.2. The number of carbonyl (C=O) groups is 3. The van der Waals surface area contributed by atoms with Crippen LogP contribution in [0.5, 0.6) is 0 Å². The van der Waals surface area contributed by atoms with E-state index in [1.807, 2.05) is 21.1 Å². The molecule has 0 aromatic heterocycles. The Kier molecular flexibility index (Phi) is 36.3. The van der Waals surface area contributed by atoms with Gasteiger partial charge in [0.25, 0.3) is 6.29 Å². The van der Waals surface area contributed by atoms with Gasteiger partial charge in [-0.15, -0.1) is 0 Å². The van der Waals surface area contributed by atoms with Crippen molar-refractivity contribution in [2.45, 2.75) is 161 Å². The van der Waals surface area contributed by atoms with Crippen LogP contribution in [0, 0.1) is 0 Å². The number of carbonyl (C=O) groups excluding carboxylic acids is 2. The Labute approximate surface area is 341 Å². The van der Waals surface area contributed by atoms with Crippen molar-refractivity contribution >= 4 is 17.9 Å². The first kappa shape index (κ1) is 52.7. The number of nitrogens with zero attached hydrogens (tertiary/aromatic N) is 1. The van der Waals surface area contributed by atoms with Crippen molar-refractivity contribution in [3.05, 3.63) is 72.9 Å². The van der Waals surface area contributed by atoms with Crippen molar-refractivity contribution in [3.63, 3.8) is 0 Å². The Hall–Kier alpha value is -3.27. The van der Waals surface area contributed by atoms with Gasteiger partial charge in [0.2, 0.25) is 0 Å². The standard InChI is InChI=1S/C47H79NO8/c1-6-8-10-12-14-15-16-17-18-19-20-21-22-23-24-25-26-27-28-29-30-31-32-34-36-38-45(50)56-43(41-54-44(49)37-35-33-13-11-9-7-2)42-55-47(46(51)52)53-40-39-48(3,4)5/h8,10,14-15,17-18,20-21,23-24,26-27,43,47H,6-7,9,11-13,16,19,22,25,28-42H2,1-5H3/p+1/b10-8-,15-14-,18-17-,21-20-,24-23-,27-26-. The quantitative estimate of drug-likeness (QED) is 0.0217. The fourth-order valence-corrected chi connectivity index (χ4v) is 5.37. The minimum atomic E-state index is -1.51. The molecule has 0 aromatic rings. The van der Waals surface area contributed by atoms with Crippen molar-refractivity contribution in [3.8, 4) is 0 Å². The number of hydrogen-bond acceptors (Lipinski definition) is 7. The smallest absolute Gasteiger partial charge is 0.361 e. The molecule has 1 N–H and O–H groups in total. The molecule has 0 aliphatic rings. The van der Waals surface area contributed by atoms with Gasteiger partial charge in [0.15, 0.2) is 6.10 Å². The molecule has 2 atom stereocenters. The maximum Gasteiger partial charge on any atom is 0.361 e. The molecule has 9 nitrogen and oxygen atoms in total. The lowest BCUT2D eigenvalue weighted by atomic mass is 10.1. The fraction of sp³-hybridized carbons (Fsp3) is 0.681. The predicted molar refractivity (Wildman–Crippen MR) is 230 cm³/mol. The Morgan fingerprint density at radius 3 is 1.52 bits per heavy atom. The van der Waals surface area contributed by atoms with E-state index in [4.69, 9.17) is 18.9 Å². The van der Waals surface area contributed by atoms with Crippen LogP contribution in [0.3, 0.4) is 0 Å². The summed E-state index contributed by atoms with van der Waals surface area (Å²) in [5.41, 5.74) is 0. The van der Waals surface area contributed by atoms with Crippen molar-refractivity contribution in [1.29, 1.82) is 0 Å². The van der Waals surface area contributed by atoms with E-state index in [0.717, 1.165) is 103 Å². The third-order valence-corrected chi connectivity index (χ3v) is 8.73. The number of carboxylic acids is 1. The van der Waals surface area contributed by atoms with Crippen LogP contribution in [-0.4, -0.2) is 87.4 Å². The van der Waals surface area contributed by atoms with Crippen molar-refractivity contribution < 1.29 is 42.9 Å². The second-order valence-corrected chi connectivity index (χ2v) is 15.3. The molecule has 0 rings (SSSR count). The first-order chi connectivity index (χ1) is 27.1. The number of unbranched alkanes of at least 4 members (excludes halogenated alkanes) is 11. The van der Waals surface area contributed by atoms with Gasteiger partial charge in [-0.1, -0.05) is 145 Å². The highest BCUT2D eigenvalue weighted by Crippen LogP contribution is 2.12. The summed E-state index contributed by atoms with van der Waals surface area (Å²) in [5.74, 6) is -2.05. The summed E-state index contributed by atoms with van der Waals surface area (Å²) in [7, 11) is 5.93. The van der Waals surface area contributed by atoms with Crippen LogP contribution in [0.25, 0.3) is 0 Å². The SMILES string of the molecule is CC/C=C\C/C=C\C/C=C\C/C=C\C/C=C\C/C=C\CCCCCCCCC(=O)OC(COC(=O)CCCCCCCC)COC(OCC[N+](C)(C)C)C(=O)O. The summed E-state index contributed by atoms with van der Waals surface area (Å²) in [4.78, 5) is 36.8. The molecule has 56 heavy (non-hydrogen) atoms. The molecule has 0 aliphatic heterocycles. The summed E-state index contributed by atoms with van der Waals surface area (Å²) >= 11 is 0. The number of allylic oxidation sites excluding steroid dienone is 12. The van der Waals surface area contributed by atoms with Gasteiger partial charge in [0, 0.05) is 12.8 Å². The van der Waals surface area contributed by atoms with E-state index in [1.54, 1.807) is 0 Å². The number of esters is 2. The topological polar surface area (TPSA) is 108 Å². The highest BCUT2D eigenvalue weighted by atomic mass is 16.7. The van der Waals surface area contributed by atoms with E-state index in [-0.39, 0.29) is 32.2 Å². The molecule has 0 heterocycles. The van der Waals surface area contributed by atoms with E-state index >= 15 is 0 Å².